The molecule has 0 spiro atoms. The maximum absolute atomic E-state index is 14.1. The molecule has 2 aromatic carbocycles. The second-order valence-electron chi connectivity index (χ2n) is 5.64. The zero-order chi connectivity index (χ0) is 18.3. The molecule has 1 aromatic heterocycles. The van der Waals surface area contributed by atoms with Crippen molar-refractivity contribution in [2.75, 3.05) is 12.1 Å². The van der Waals surface area contributed by atoms with E-state index in [1.54, 1.807) is 24.3 Å². The standard InChI is InChI=1S/C18H12BrFN2O4/c19-10-2-1-9(13(20)5-10)6-21-15-11-3-4-14-17(26-8-25-14)16(11)22-7-12(15)18(23)24/h1-5,7H,6,8H2,(H,21,22)(H,23,24). The van der Waals surface area contributed by atoms with Gasteiger partial charge in [-0.3, -0.25) is 4.98 Å². The largest absolute Gasteiger partial charge is 0.478 e. The first kappa shape index (κ1) is 16.6. The molecule has 1 aliphatic rings. The monoisotopic (exact) mass is 418 g/mol. The van der Waals surface area contributed by atoms with E-state index >= 15 is 0 Å². The van der Waals surface area contributed by atoms with Crippen molar-refractivity contribution in [1.29, 1.82) is 0 Å². The van der Waals surface area contributed by atoms with Gasteiger partial charge in [-0.05, 0) is 24.3 Å². The number of hydrogen-bond acceptors (Lipinski definition) is 5. The molecule has 0 atom stereocenters. The number of ether oxygens (including phenoxy) is 2. The lowest BCUT2D eigenvalue weighted by Crippen LogP contribution is -2.09. The summed E-state index contributed by atoms with van der Waals surface area (Å²) in [5.74, 6) is -0.495. The van der Waals surface area contributed by atoms with Crippen LogP contribution in [0.3, 0.4) is 0 Å². The summed E-state index contributed by atoms with van der Waals surface area (Å²) in [6.07, 6.45) is 1.26. The van der Waals surface area contributed by atoms with Crippen molar-refractivity contribution < 1.29 is 23.8 Å². The maximum atomic E-state index is 14.1. The van der Waals surface area contributed by atoms with Gasteiger partial charge in [-0.2, -0.15) is 0 Å². The number of pyridine rings is 1. The van der Waals surface area contributed by atoms with Gasteiger partial charge in [-0.1, -0.05) is 22.0 Å². The first-order chi connectivity index (χ1) is 12.5. The average Bonchev–Trinajstić information content (AvgIpc) is 3.09. The SMILES string of the molecule is O=C(O)c1cnc2c3c(ccc2c1NCc1ccc(Br)cc1F)OCO3. The fourth-order valence-electron chi connectivity index (χ4n) is 2.83. The third-order valence-corrected chi connectivity index (χ3v) is 4.57. The Balaban J connectivity index is 1.79. The summed E-state index contributed by atoms with van der Waals surface area (Å²) in [5.41, 5.74) is 1.25. The van der Waals surface area contributed by atoms with Crippen LogP contribution in [0.25, 0.3) is 10.9 Å². The Labute approximate surface area is 155 Å². The first-order valence-corrected chi connectivity index (χ1v) is 8.46. The Morgan fingerprint density at radius 1 is 1.31 bits per heavy atom. The molecule has 0 bridgehead atoms. The topological polar surface area (TPSA) is 80.7 Å². The number of carbonyl (C=O) groups is 1. The van der Waals surface area contributed by atoms with Gasteiger partial charge in [0.1, 0.15) is 16.9 Å². The lowest BCUT2D eigenvalue weighted by Gasteiger charge is -2.14. The summed E-state index contributed by atoms with van der Waals surface area (Å²) in [5, 5.41) is 13.1. The number of anilines is 1. The molecule has 26 heavy (non-hydrogen) atoms. The first-order valence-electron chi connectivity index (χ1n) is 7.67. The molecule has 2 N–H and O–H groups in total. The normalized spacial score (nSPS) is 12.4. The van der Waals surface area contributed by atoms with E-state index in [2.05, 4.69) is 26.2 Å². The van der Waals surface area contributed by atoms with Crippen molar-refractivity contribution in [2.45, 2.75) is 6.54 Å². The van der Waals surface area contributed by atoms with Crippen LogP contribution in [0.5, 0.6) is 11.5 Å². The molecular weight excluding hydrogens is 407 g/mol. The van der Waals surface area contributed by atoms with Gasteiger partial charge in [0, 0.05) is 28.2 Å². The van der Waals surface area contributed by atoms with Crippen LogP contribution >= 0.6 is 15.9 Å². The number of fused-ring (bicyclic) bond motifs is 3. The zero-order valence-electron chi connectivity index (χ0n) is 13.3. The lowest BCUT2D eigenvalue weighted by molar-refractivity contribution is 0.0697. The molecule has 2 heterocycles. The van der Waals surface area contributed by atoms with Crippen molar-refractivity contribution in [3.8, 4) is 11.5 Å². The minimum absolute atomic E-state index is 0.00566. The number of hydrogen-bond donors (Lipinski definition) is 2. The molecule has 0 saturated heterocycles. The van der Waals surface area contributed by atoms with E-state index < -0.39 is 5.97 Å². The van der Waals surface area contributed by atoms with E-state index in [0.29, 0.717) is 38.1 Å². The molecular formula is C18H12BrFN2O4. The van der Waals surface area contributed by atoms with E-state index in [1.807, 2.05) is 0 Å². The van der Waals surface area contributed by atoms with Crippen molar-refractivity contribution in [3.63, 3.8) is 0 Å². The number of aromatic carboxylic acids is 1. The Bertz CT molecular complexity index is 1040. The molecule has 0 fully saturated rings. The van der Waals surface area contributed by atoms with E-state index in [9.17, 15) is 14.3 Å². The smallest absolute Gasteiger partial charge is 0.339 e. The Morgan fingerprint density at radius 3 is 2.92 bits per heavy atom. The van der Waals surface area contributed by atoms with Crippen LogP contribution in [0.1, 0.15) is 15.9 Å². The molecule has 3 aromatic rings. The highest BCUT2D eigenvalue weighted by molar-refractivity contribution is 9.10. The zero-order valence-corrected chi connectivity index (χ0v) is 14.8. The number of rotatable bonds is 4. The summed E-state index contributed by atoms with van der Waals surface area (Å²) in [7, 11) is 0. The highest BCUT2D eigenvalue weighted by Crippen LogP contribution is 2.41. The summed E-state index contributed by atoms with van der Waals surface area (Å²) in [4.78, 5) is 15.8. The van der Waals surface area contributed by atoms with Gasteiger partial charge in [0.2, 0.25) is 6.79 Å². The van der Waals surface area contributed by atoms with Crippen LogP contribution < -0.4 is 14.8 Å². The fourth-order valence-corrected chi connectivity index (χ4v) is 3.16. The van der Waals surface area contributed by atoms with E-state index in [0.717, 1.165) is 0 Å². The van der Waals surface area contributed by atoms with Crippen LogP contribution in [0, 0.1) is 5.82 Å². The van der Waals surface area contributed by atoms with Crippen LogP contribution in [-0.2, 0) is 6.54 Å². The molecule has 0 saturated carbocycles. The van der Waals surface area contributed by atoms with Crippen molar-refractivity contribution in [3.05, 3.63) is 57.9 Å². The predicted octanol–water partition coefficient (Wildman–Crippen LogP) is 4.18. The molecule has 0 amide bonds. The summed E-state index contributed by atoms with van der Waals surface area (Å²) < 4.78 is 25.5. The highest BCUT2D eigenvalue weighted by Gasteiger charge is 2.22. The minimum atomic E-state index is -1.13. The Morgan fingerprint density at radius 2 is 2.15 bits per heavy atom. The fraction of sp³-hybridized carbons (Fsp3) is 0.111. The molecule has 0 unspecified atom stereocenters. The second-order valence-corrected chi connectivity index (χ2v) is 6.55. The van der Waals surface area contributed by atoms with Gasteiger partial charge in [0.25, 0.3) is 0 Å². The van der Waals surface area contributed by atoms with E-state index in [1.165, 1.54) is 12.3 Å². The van der Waals surface area contributed by atoms with Crippen LogP contribution in [0.2, 0.25) is 0 Å². The van der Waals surface area contributed by atoms with Crippen molar-refractivity contribution >= 4 is 38.5 Å². The highest BCUT2D eigenvalue weighted by atomic mass is 79.9. The number of carboxylic acids is 1. The summed E-state index contributed by atoms with van der Waals surface area (Å²) >= 11 is 3.21. The number of nitrogens with one attached hydrogen (secondary N) is 1. The summed E-state index contributed by atoms with van der Waals surface area (Å²) in [6.45, 7) is 0.205. The third kappa shape index (κ3) is 2.82. The molecule has 0 radical (unpaired) electrons. The molecule has 132 valence electrons. The second kappa shape index (κ2) is 6.45. The van der Waals surface area contributed by atoms with Gasteiger partial charge in [0.05, 0.1) is 5.69 Å². The molecule has 1 aliphatic heterocycles. The third-order valence-electron chi connectivity index (χ3n) is 4.08. The molecule has 6 nitrogen and oxygen atoms in total. The average molecular weight is 419 g/mol. The molecule has 4 rings (SSSR count). The number of aromatic nitrogens is 1. The van der Waals surface area contributed by atoms with Crippen LogP contribution in [0.4, 0.5) is 10.1 Å². The minimum Gasteiger partial charge on any atom is -0.478 e. The van der Waals surface area contributed by atoms with E-state index in [4.69, 9.17) is 9.47 Å². The van der Waals surface area contributed by atoms with Crippen molar-refractivity contribution in [1.82, 2.24) is 4.98 Å². The van der Waals surface area contributed by atoms with Gasteiger partial charge in [0.15, 0.2) is 11.5 Å². The molecule has 0 aliphatic carbocycles. The molecule has 8 heteroatoms. The van der Waals surface area contributed by atoms with Crippen molar-refractivity contribution in [2.24, 2.45) is 0 Å². The van der Waals surface area contributed by atoms with E-state index in [-0.39, 0.29) is 24.7 Å². The van der Waals surface area contributed by atoms with Crippen LogP contribution in [0.15, 0.2) is 41.0 Å². The van der Waals surface area contributed by atoms with Gasteiger partial charge < -0.3 is 19.9 Å². The maximum Gasteiger partial charge on any atom is 0.339 e. The quantitative estimate of drug-likeness (QED) is 0.661. The number of halogens is 2. The van der Waals surface area contributed by atoms with Gasteiger partial charge in [-0.15, -0.1) is 0 Å². The summed E-state index contributed by atoms with van der Waals surface area (Å²) in [6, 6.07) is 8.12. The van der Waals surface area contributed by atoms with Crippen LogP contribution in [-0.4, -0.2) is 22.9 Å². The van der Waals surface area contributed by atoms with Gasteiger partial charge in [-0.25, -0.2) is 9.18 Å². The van der Waals surface area contributed by atoms with Gasteiger partial charge >= 0.3 is 5.97 Å². The number of benzene rings is 2. The lowest BCUT2D eigenvalue weighted by atomic mass is 10.1. The predicted molar refractivity (Wildman–Crippen MR) is 96.3 cm³/mol. The Hall–Kier alpha value is -2.87. The Kier molecular flexibility index (Phi) is 4.12. The number of carboxylic acid groups (broad SMARTS) is 1. The number of nitrogens with zero attached hydrogens (tertiary/aromatic N) is 1.